The summed E-state index contributed by atoms with van der Waals surface area (Å²) in [6, 6.07) is 4.07. The first kappa shape index (κ1) is 8.80. The van der Waals surface area contributed by atoms with Crippen LogP contribution >= 0.6 is 22.7 Å². The van der Waals surface area contributed by atoms with Crippen LogP contribution in [-0.4, -0.2) is 16.7 Å². The van der Waals surface area contributed by atoms with Gasteiger partial charge in [0.1, 0.15) is 5.01 Å². The average molecular weight is 211 g/mol. The van der Waals surface area contributed by atoms with Gasteiger partial charge in [0.05, 0.1) is 4.88 Å². The normalized spacial score (nSPS) is 10.5. The van der Waals surface area contributed by atoms with Gasteiger partial charge in [-0.25, -0.2) is 0 Å². The quantitative estimate of drug-likeness (QED) is 0.841. The minimum Gasteiger partial charge on any atom is -0.330 e. The Labute approximate surface area is 84.2 Å². The van der Waals surface area contributed by atoms with Gasteiger partial charge in [-0.05, 0) is 18.0 Å². The van der Waals surface area contributed by atoms with Crippen LogP contribution in [0.15, 0.2) is 17.5 Å². The molecule has 0 saturated heterocycles. The van der Waals surface area contributed by atoms with Gasteiger partial charge in [0.2, 0.25) is 0 Å². The van der Waals surface area contributed by atoms with Crippen molar-refractivity contribution in [1.82, 2.24) is 10.2 Å². The molecule has 2 N–H and O–H groups in total. The fourth-order valence-corrected chi connectivity index (χ4v) is 2.62. The molecule has 0 radical (unpaired) electrons. The van der Waals surface area contributed by atoms with Crippen LogP contribution in [0.2, 0.25) is 0 Å². The molecular formula is C8H9N3S2. The number of thiophene rings is 1. The molecule has 2 heterocycles. The number of nitrogens with zero attached hydrogens (tertiary/aromatic N) is 2. The Balaban J connectivity index is 2.23. The van der Waals surface area contributed by atoms with E-state index < -0.39 is 0 Å². The van der Waals surface area contributed by atoms with Gasteiger partial charge in [-0.3, -0.25) is 0 Å². The topological polar surface area (TPSA) is 51.8 Å². The molecule has 0 amide bonds. The first-order valence-corrected chi connectivity index (χ1v) is 5.66. The van der Waals surface area contributed by atoms with Crippen molar-refractivity contribution in [2.75, 3.05) is 6.54 Å². The maximum atomic E-state index is 5.43. The predicted octanol–water partition coefficient (Wildman–Crippen LogP) is 1.77. The second kappa shape index (κ2) is 3.95. The van der Waals surface area contributed by atoms with Gasteiger partial charge in [0, 0.05) is 6.42 Å². The molecule has 0 aliphatic rings. The van der Waals surface area contributed by atoms with Crippen molar-refractivity contribution >= 4 is 22.7 Å². The van der Waals surface area contributed by atoms with Crippen LogP contribution in [0.4, 0.5) is 0 Å². The van der Waals surface area contributed by atoms with Crippen LogP contribution in [0.25, 0.3) is 9.88 Å². The zero-order valence-electron chi connectivity index (χ0n) is 6.93. The maximum Gasteiger partial charge on any atom is 0.157 e. The highest BCUT2D eigenvalue weighted by Crippen LogP contribution is 2.27. The first-order valence-electron chi connectivity index (χ1n) is 3.96. The van der Waals surface area contributed by atoms with E-state index in [-0.39, 0.29) is 0 Å². The lowest BCUT2D eigenvalue weighted by Gasteiger charge is -1.85. The van der Waals surface area contributed by atoms with E-state index in [2.05, 4.69) is 16.3 Å². The van der Waals surface area contributed by atoms with Gasteiger partial charge in [-0.15, -0.1) is 21.5 Å². The number of nitrogens with two attached hydrogens (primary N) is 1. The molecule has 13 heavy (non-hydrogen) atoms. The van der Waals surface area contributed by atoms with E-state index in [1.165, 1.54) is 4.88 Å². The van der Waals surface area contributed by atoms with E-state index in [0.29, 0.717) is 6.54 Å². The minimum absolute atomic E-state index is 0.638. The van der Waals surface area contributed by atoms with Crippen molar-refractivity contribution in [2.45, 2.75) is 6.42 Å². The molecular weight excluding hydrogens is 202 g/mol. The largest absolute Gasteiger partial charge is 0.330 e. The second-order valence-corrected chi connectivity index (χ2v) is 4.53. The smallest absolute Gasteiger partial charge is 0.157 e. The van der Waals surface area contributed by atoms with Crippen molar-refractivity contribution < 1.29 is 0 Å². The second-order valence-electron chi connectivity index (χ2n) is 2.52. The summed E-state index contributed by atoms with van der Waals surface area (Å²) >= 11 is 3.31. The number of hydrogen-bond donors (Lipinski definition) is 1. The molecule has 68 valence electrons. The van der Waals surface area contributed by atoms with Crippen molar-refractivity contribution in [3.63, 3.8) is 0 Å². The predicted molar refractivity (Wildman–Crippen MR) is 56.0 cm³/mol. The molecule has 2 aromatic heterocycles. The Morgan fingerprint density at radius 2 is 2.31 bits per heavy atom. The molecule has 0 aromatic carbocycles. The summed E-state index contributed by atoms with van der Waals surface area (Å²) in [7, 11) is 0. The van der Waals surface area contributed by atoms with Crippen LogP contribution in [0.5, 0.6) is 0 Å². The summed E-state index contributed by atoms with van der Waals surface area (Å²) < 4.78 is 0. The standard InChI is InChI=1S/C8H9N3S2/c9-4-3-7-10-11-8(13-7)6-2-1-5-12-6/h1-2,5H,3-4,9H2. The number of hydrogen-bond acceptors (Lipinski definition) is 5. The number of aromatic nitrogens is 2. The molecule has 0 aliphatic heterocycles. The summed E-state index contributed by atoms with van der Waals surface area (Å²) in [6.45, 7) is 0.638. The Bertz CT molecular complexity index is 366. The SMILES string of the molecule is NCCc1nnc(-c2cccs2)s1. The molecule has 5 heteroatoms. The van der Waals surface area contributed by atoms with E-state index in [1.54, 1.807) is 22.7 Å². The van der Waals surface area contributed by atoms with E-state index in [1.807, 2.05) is 11.4 Å². The molecule has 0 saturated carbocycles. The molecule has 2 aromatic rings. The Morgan fingerprint density at radius 1 is 1.38 bits per heavy atom. The highest BCUT2D eigenvalue weighted by Gasteiger charge is 2.05. The summed E-state index contributed by atoms with van der Waals surface area (Å²) in [5.74, 6) is 0. The van der Waals surface area contributed by atoms with E-state index in [0.717, 1.165) is 16.4 Å². The lowest BCUT2D eigenvalue weighted by molar-refractivity contribution is 0.914. The third-order valence-corrected chi connectivity index (χ3v) is 3.58. The summed E-state index contributed by atoms with van der Waals surface area (Å²) in [5, 5.41) is 12.2. The Kier molecular flexibility index (Phi) is 2.68. The Hall–Kier alpha value is -0.780. The van der Waals surface area contributed by atoms with Crippen molar-refractivity contribution in [2.24, 2.45) is 5.73 Å². The highest BCUT2D eigenvalue weighted by atomic mass is 32.1. The molecule has 0 fully saturated rings. The van der Waals surface area contributed by atoms with E-state index in [4.69, 9.17) is 5.73 Å². The van der Waals surface area contributed by atoms with Gasteiger partial charge in [-0.2, -0.15) is 0 Å². The van der Waals surface area contributed by atoms with Gasteiger partial charge in [0.25, 0.3) is 0 Å². The van der Waals surface area contributed by atoms with Crippen LogP contribution < -0.4 is 5.73 Å². The van der Waals surface area contributed by atoms with Gasteiger partial charge in [-0.1, -0.05) is 17.4 Å². The lowest BCUT2D eigenvalue weighted by Crippen LogP contribution is -2.01. The summed E-state index contributed by atoms with van der Waals surface area (Å²) in [6.07, 6.45) is 0.822. The van der Waals surface area contributed by atoms with Crippen LogP contribution in [0, 0.1) is 0 Å². The van der Waals surface area contributed by atoms with Crippen LogP contribution in [0.1, 0.15) is 5.01 Å². The van der Waals surface area contributed by atoms with E-state index >= 15 is 0 Å². The van der Waals surface area contributed by atoms with Gasteiger partial charge < -0.3 is 5.73 Å². The van der Waals surface area contributed by atoms with Crippen LogP contribution in [0.3, 0.4) is 0 Å². The van der Waals surface area contributed by atoms with Crippen molar-refractivity contribution in [1.29, 1.82) is 0 Å². The monoisotopic (exact) mass is 211 g/mol. The summed E-state index contributed by atoms with van der Waals surface area (Å²) in [5.41, 5.74) is 5.43. The molecule has 0 atom stereocenters. The van der Waals surface area contributed by atoms with Crippen molar-refractivity contribution in [3.8, 4) is 9.88 Å². The third kappa shape index (κ3) is 1.93. The first-order chi connectivity index (χ1) is 6.40. The minimum atomic E-state index is 0.638. The van der Waals surface area contributed by atoms with Crippen LogP contribution in [-0.2, 0) is 6.42 Å². The van der Waals surface area contributed by atoms with Crippen molar-refractivity contribution in [3.05, 3.63) is 22.5 Å². The summed E-state index contributed by atoms with van der Waals surface area (Å²) in [4.78, 5) is 1.18. The Morgan fingerprint density at radius 3 is 3.00 bits per heavy atom. The molecule has 0 unspecified atom stereocenters. The molecule has 3 nitrogen and oxygen atoms in total. The maximum absolute atomic E-state index is 5.43. The fourth-order valence-electron chi connectivity index (χ4n) is 0.978. The van der Waals surface area contributed by atoms with E-state index in [9.17, 15) is 0 Å². The zero-order chi connectivity index (χ0) is 9.10. The molecule has 0 aliphatic carbocycles. The molecule has 0 spiro atoms. The fraction of sp³-hybridized carbons (Fsp3) is 0.250. The zero-order valence-corrected chi connectivity index (χ0v) is 8.57. The lowest BCUT2D eigenvalue weighted by atomic mass is 10.5. The van der Waals surface area contributed by atoms with Gasteiger partial charge >= 0.3 is 0 Å². The van der Waals surface area contributed by atoms with Gasteiger partial charge in [0.15, 0.2) is 5.01 Å². The third-order valence-electron chi connectivity index (χ3n) is 1.56. The molecule has 0 bridgehead atoms. The average Bonchev–Trinajstić information content (AvgIpc) is 2.70. The molecule has 2 rings (SSSR count). The highest BCUT2D eigenvalue weighted by molar-refractivity contribution is 7.20. The number of rotatable bonds is 3.